The molecule has 16 heavy (non-hydrogen) atoms. The normalized spacial score (nSPS) is 26.9. The average Bonchev–Trinajstić information content (AvgIpc) is 3.08. The Labute approximate surface area is 94.4 Å². The van der Waals surface area contributed by atoms with Gasteiger partial charge in [0.15, 0.2) is 0 Å². The molecule has 1 aliphatic heterocycles. The predicted octanol–water partition coefficient (Wildman–Crippen LogP) is 0.0272. The second-order valence-electron chi connectivity index (χ2n) is 4.41. The fourth-order valence-corrected chi connectivity index (χ4v) is 2.14. The van der Waals surface area contributed by atoms with Crippen molar-refractivity contribution in [3.63, 3.8) is 0 Å². The van der Waals surface area contributed by atoms with Crippen LogP contribution in [0.15, 0.2) is 0 Å². The van der Waals surface area contributed by atoms with Gasteiger partial charge in [-0.15, -0.1) is 0 Å². The van der Waals surface area contributed by atoms with Crippen LogP contribution in [0.3, 0.4) is 0 Å². The van der Waals surface area contributed by atoms with Crippen molar-refractivity contribution in [3.8, 4) is 6.07 Å². The van der Waals surface area contributed by atoms with E-state index in [1.54, 1.807) is 4.90 Å². The Morgan fingerprint density at radius 3 is 2.88 bits per heavy atom. The maximum atomic E-state index is 12.2. The molecule has 2 fully saturated rings. The topological polar surface area (TPSA) is 73.2 Å². The summed E-state index contributed by atoms with van der Waals surface area (Å²) in [5.41, 5.74) is -0.814. The van der Waals surface area contributed by atoms with E-state index in [4.69, 9.17) is 5.26 Å². The van der Waals surface area contributed by atoms with Crippen molar-refractivity contribution in [1.82, 2.24) is 10.2 Å². The van der Waals surface area contributed by atoms with Gasteiger partial charge in [-0.25, -0.2) is 0 Å². The van der Waals surface area contributed by atoms with Gasteiger partial charge in [0.05, 0.1) is 6.07 Å². The Morgan fingerprint density at radius 2 is 2.38 bits per heavy atom. The number of nitriles is 1. The lowest BCUT2D eigenvalue weighted by Crippen LogP contribution is -2.58. The van der Waals surface area contributed by atoms with Gasteiger partial charge >= 0.3 is 0 Å². The Morgan fingerprint density at radius 1 is 1.69 bits per heavy atom. The molecule has 1 aliphatic carbocycles. The summed E-state index contributed by atoms with van der Waals surface area (Å²) in [5.74, 6) is -0.257. The minimum Gasteiger partial charge on any atom is -0.353 e. The van der Waals surface area contributed by atoms with Crippen LogP contribution in [0.1, 0.15) is 26.2 Å². The number of nitrogens with zero attached hydrogens (tertiary/aromatic N) is 2. The van der Waals surface area contributed by atoms with Gasteiger partial charge in [-0.3, -0.25) is 9.59 Å². The third-order valence-corrected chi connectivity index (χ3v) is 3.35. The van der Waals surface area contributed by atoms with Gasteiger partial charge in [0.1, 0.15) is 11.5 Å². The quantitative estimate of drug-likeness (QED) is 0.714. The van der Waals surface area contributed by atoms with E-state index in [0.717, 1.165) is 0 Å². The molecule has 86 valence electrons. The highest BCUT2D eigenvalue weighted by Crippen LogP contribution is 2.46. The van der Waals surface area contributed by atoms with Crippen molar-refractivity contribution < 1.29 is 9.59 Å². The van der Waals surface area contributed by atoms with Crippen molar-refractivity contribution in [2.24, 2.45) is 5.41 Å². The highest BCUT2D eigenvalue weighted by molar-refractivity contribution is 5.94. The van der Waals surface area contributed by atoms with E-state index in [2.05, 4.69) is 11.4 Å². The third kappa shape index (κ3) is 1.54. The molecule has 0 aromatic carbocycles. The first-order valence-electron chi connectivity index (χ1n) is 5.64. The van der Waals surface area contributed by atoms with Gasteiger partial charge in [-0.1, -0.05) is 6.92 Å². The van der Waals surface area contributed by atoms with Gasteiger partial charge < -0.3 is 10.2 Å². The second-order valence-corrected chi connectivity index (χ2v) is 4.41. The Kier molecular flexibility index (Phi) is 2.58. The largest absolute Gasteiger partial charge is 0.353 e. The molecule has 5 heteroatoms. The smallest absolute Gasteiger partial charge is 0.243 e. The van der Waals surface area contributed by atoms with E-state index in [0.29, 0.717) is 32.4 Å². The van der Waals surface area contributed by atoms with Gasteiger partial charge in [0, 0.05) is 13.1 Å². The molecule has 1 saturated heterocycles. The predicted molar refractivity (Wildman–Crippen MR) is 56.1 cm³/mol. The molecule has 1 unspecified atom stereocenters. The molecule has 0 spiro atoms. The summed E-state index contributed by atoms with van der Waals surface area (Å²) in [5, 5.41) is 11.7. The van der Waals surface area contributed by atoms with E-state index < -0.39 is 11.5 Å². The Bertz CT molecular complexity index is 368. The van der Waals surface area contributed by atoms with Crippen LogP contribution in [-0.2, 0) is 9.59 Å². The lowest BCUT2D eigenvalue weighted by atomic mass is 10.0. The number of rotatable bonds is 2. The third-order valence-electron chi connectivity index (χ3n) is 3.35. The van der Waals surface area contributed by atoms with Crippen molar-refractivity contribution in [2.75, 3.05) is 13.1 Å². The zero-order chi connectivity index (χ0) is 11.8. The standard InChI is InChI=1S/C11H15N3O2/c1-2-8-9(15)13-5-6-14(8)10(16)11(7-12)3-4-11/h8H,2-6H2,1H3,(H,13,15). The van der Waals surface area contributed by atoms with E-state index in [1.807, 2.05) is 6.92 Å². The minimum absolute atomic E-state index is 0.101. The molecule has 2 rings (SSSR count). The van der Waals surface area contributed by atoms with E-state index in [1.165, 1.54) is 0 Å². The zero-order valence-electron chi connectivity index (χ0n) is 9.32. The van der Waals surface area contributed by atoms with Crippen LogP contribution in [0.25, 0.3) is 0 Å². The molecule has 2 aliphatic rings. The van der Waals surface area contributed by atoms with Gasteiger partial charge in [0.25, 0.3) is 0 Å². The Hall–Kier alpha value is -1.57. The first-order valence-corrected chi connectivity index (χ1v) is 5.64. The summed E-state index contributed by atoms with van der Waals surface area (Å²) in [6, 6.07) is 1.69. The fraction of sp³-hybridized carbons (Fsp3) is 0.727. The molecule has 0 bridgehead atoms. The molecule has 1 heterocycles. The lowest BCUT2D eigenvalue weighted by Gasteiger charge is -2.35. The van der Waals surface area contributed by atoms with Crippen LogP contribution >= 0.6 is 0 Å². The van der Waals surface area contributed by atoms with Crippen LogP contribution in [0, 0.1) is 16.7 Å². The summed E-state index contributed by atoms with van der Waals surface area (Å²) in [7, 11) is 0. The van der Waals surface area contributed by atoms with Crippen molar-refractivity contribution >= 4 is 11.8 Å². The molecule has 0 radical (unpaired) electrons. The number of hydrogen-bond acceptors (Lipinski definition) is 3. The van der Waals surface area contributed by atoms with Gasteiger partial charge in [-0.05, 0) is 19.3 Å². The molecular weight excluding hydrogens is 206 g/mol. The number of carbonyl (C=O) groups excluding carboxylic acids is 2. The zero-order valence-corrected chi connectivity index (χ0v) is 9.32. The SMILES string of the molecule is CCC1C(=O)NCCN1C(=O)C1(C#N)CC1. The van der Waals surface area contributed by atoms with Crippen LogP contribution in [-0.4, -0.2) is 35.8 Å². The highest BCUT2D eigenvalue weighted by Gasteiger charge is 2.54. The summed E-state index contributed by atoms with van der Waals surface area (Å²) in [6.45, 7) is 2.89. The lowest BCUT2D eigenvalue weighted by molar-refractivity contribution is -0.146. The van der Waals surface area contributed by atoms with Crippen molar-refractivity contribution in [2.45, 2.75) is 32.2 Å². The number of nitrogens with one attached hydrogen (secondary N) is 1. The highest BCUT2D eigenvalue weighted by atomic mass is 16.2. The molecule has 2 amide bonds. The Balaban J connectivity index is 2.16. The van der Waals surface area contributed by atoms with Gasteiger partial charge in [0.2, 0.25) is 11.8 Å². The second kappa shape index (κ2) is 3.78. The monoisotopic (exact) mass is 221 g/mol. The van der Waals surface area contributed by atoms with Crippen LogP contribution in [0.2, 0.25) is 0 Å². The molecule has 5 nitrogen and oxygen atoms in total. The van der Waals surface area contributed by atoms with E-state index in [-0.39, 0.29) is 11.8 Å². The van der Waals surface area contributed by atoms with Crippen LogP contribution in [0.5, 0.6) is 0 Å². The number of amides is 2. The van der Waals surface area contributed by atoms with Crippen molar-refractivity contribution in [3.05, 3.63) is 0 Å². The number of piperazine rings is 1. The summed E-state index contributed by atoms with van der Waals surface area (Å²) >= 11 is 0. The van der Waals surface area contributed by atoms with Gasteiger partial charge in [-0.2, -0.15) is 5.26 Å². The molecule has 0 aromatic rings. The van der Waals surface area contributed by atoms with E-state index in [9.17, 15) is 9.59 Å². The van der Waals surface area contributed by atoms with Crippen LogP contribution in [0.4, 0.5) is 0 Å². The molecule has 0 aromatic heterocycles. The number of hydrogen-bond donors (Lipinski definition) is 1. The summed E-state index contributed by atoms with van der Waals surface area (Å²) in [4.78, 5) is 25.3. The fourth-order valence-electron chi connectivity index (χ4n) is 2.14. The molecule has 1 saturated carbocycles. The molecular formula is C11H15N3O2. The molecule has 1 N–H and O–H groups in total. The maximum Gasteiger partial charge on any atom is 0.243 e. The van der Waals surface area contributed by atoms with E-state index >= 15 is 0 Å². The summed E-state index contributed by atoms with van der Waals surface area (Å²) in [6.07, 6.45) is 1.87. The first kappa shape index (κ1) is 10.9. The average molecular weight is 221 g/mol. The maximum absolute atomic E-state index is 12.2. The summed E-state index contributed by atoms with van der Waals surface area (Å²) < 4.78 is 0. The molecule has 1 atom stereocenters. The number of carbonyl (C=O) groups is 2. The van der Waals surface area contributed by atoms with Crippen LogP contribution < -0.4 is 5.32 Å². The van der Waals surface area contributed by atoms with Crippen molar-refractivity contribution in [1.29, 1.82) is 5.26 Å². The minimum atomic E-state index is -0.814. The first-order chi connectivity index (χ1) is 7.64.